The fraction of sp³-hybridized carbons (Fsp3) is 0.529. The highest BCUT2D eigenvalue weighted by Gasteiger charge is 2.35. The summed E-state index contributed by atoms with van der Waals surface area (Å²) in [5.41, 5.74) is -8.17. The Bertz CT molecular complexity index is 1650. The molecule has 4 unspecified atom stereocenters. The van der Waals surface area contributed by atoms with Gasteiger partial charge in [-0.2, -0.15) is 0 Å². The number of ether oxygens (including phenoxy) is 4. The zero-order valence-electron chi connectivity index (χ0n) is 32.2. The lowest BCUT2D eigenvalue weighted by molar-refractivity contribution is -0.0224. The SMILES string of the molecule is CC(O)(CO)NC(=O)c1c(I)c(OCCOCCOCCOc2c(I)c(C(=O)NC(C)(O)CO)c(I)c(C(=O)NC(C)(O)CO)c2I)c(I)c(C(=O)NC(C)(O)CO)c1I. The van der Waals surface area contributed by atoms with Crippen LogP contribution in [0.2, 0.25) is 0 Å². The molecule has 0 bridgehead atoms. The van der Waals surface area contributed by atoms with Crippen molar-refractivity contribution >= 4 is 159 Å². The Hall–Kier alpha value is -0.100. The van der Waals surface area contributed by atoms with Crippen LogP contribution in [-0.2, 0) is 9.47 Å². The Morgan fingerprint density at radius 1 is 0.417 bits per heavy atom. The van der Waals surface area contributed by atoms with Gasteiger partial charge >= 0.3 is 0 Å². The average molecular weight is 1530 g/mol. The number of hydrogen-bond acceptors (Lipinski definition) is 16. The van der Waals surface area contributed by atoms with Crippen LogP contribution >= 0.6 is 136 Å². The van der Waals surface area contributed by atoms with Crippen LogP contribution in [0.25, 0.3) is 0 Å². The predicted octanol–water partition coefficient (Wildman–Crippen LogP) is 0.528. The molecule has 0 heterocycles. The van der Waals surface area contributed by atoms with Crippen molar-refractivity contribution in [3.8, 4) is 11.5 Å². The second kappa shape index (κ2) is 24.4. The largest absolute Gasteiger partial charge is 0.489 e. The fourth-order valence-corrected chi connectivity index (χ4v) is 13.4. The molecule has 4 atom stereocenters. The lowest BCUT2D eigenvalue weighted by atomic mass is 10.1. The van der Waals surface area contributed by atoms with Gasteiger partial charge in [0.05, 0.1) is 89.4 Å². The molecule has 12 N–H and O–H groups in total. The van der Waals surface area contributed by atoms with E-state index in [0.29, 0.717) is 0 Å². The lowest BCUT2D eigenvalue weighted by Gasteiger charge is -2.26. The second-order valence-corrected chi connectivity index (χ2v) is 20.0. The minimum atomic E-state index is -1.99. The third-order valence-corrected chi connectivity index (χ3v) is 13.8. The van der Waals surface area contributed by atoms with Gasteiger partial charge in [-0.25, -0.2) is 0 Å². The predicted molar refractivity (Wildman–Crippen MR) is 263 cm³/mol. The van der Waals surface area contributed by atoms with Crippen LogP contribution in [-0.4, -0.2) is 153 Å². The fourth-order valence-electron chi connectivity index (χ4n) is 4.45. The second-order valence-electron chi connectivity index (χ2n) is 13.5. The molecule has 0 spiro atoms. The number of aliphatic hydroxyl groups excluding tert-OH is 4. The molecule has 0 aromatic heterocycles. The van der Waals surface area contributed by atoms with Gasteiger partial charge in [0.1, 0.15) is 24.7 Å². The van der Waals surface area contributed by atoms with E-state index >= 15 is 0 Å². The summed E-state index contributed by atoms with van der Waals surface area (Å²) in [6.45, 7) is 1.65. The van der Waals surface area contributed by atoms with Gasteiger partial charge in [0, 0.05) is 7.14 Å². The first-order valence-electron chi connectivity index (χ1n) is 17.2. The van der Waals surface area contributed by atoms with E-state index in [4.69, 9.17) is 18.9 Å². The number of hydrogen-bond donors (Lipinski definition) is 12. The Balaban J connectivity index is 2.16. The van der Waals surface area contributed by atoms with Crippen LogP contribution < -0.4 is 30.7 Å². The molecule has 338 valence electrons. The van der Waals surface area contributed by atoms with Crippen molar-refractivity contribution < 1.29 is 79.0 Å². The zero-order chi connectivity index (χ0) is 46.0. The topological polar surface area (TPSA) is 315 Å². The van der Waals surface area contributed by atoms with E-state index in [9.17, 15) is 60.0 Å². The van der Waals surface area contributed by atoms with Gasteiger partial charge in [-0.15, -0.1) is 0 Å². The number of amides is 4. The molecule has 20 nitrogen and oxygen atoms in total. The smallest absolute Gasteiger partial charge is 0.255 e. The summed E-state index contributed by atoms with van der Waals surface area (Å²) >= 11 is 11.0. The standard InChI is InChI=1S/C34H44I6N4O16/c1-31(53,11-45)41-27(49)15-19(35)16(28(50)42-32(2,54)12-46)22(38)25(21(15)37)59-9-7-57-5-6-58-8-10-60-26-23(39)17(29(51)43-33(3,55)13-47)20(36)18(24(26)40)30(52)44-34(4,56)14-48/h45-48,53-56H,5-14H2,1-4H3,(H,41,49)(H,42,50)(H,43,51)(H,44,52). The summed E-state index contributed by atoms with van der Waals surface area (Å²) in [4.78, 5) is 53.2. The first-order chi connectivity index (χ1) is 27.7. The van der Waals surface area contributed by atoms with E-state index in [2.05, 4.69) is 21.3 Å². The molecule has 0 aliphatic carbocycles. The van der Waals surface area contributed by atoms with Crippen molar-refractivity contribution in [1.29, 1.82) is 0 Å². The normalized spacial score (nSPS) is 15.4. The van der Waals surface area contributed by atoms with Gasteiger partial charge in [-0.3, -0.25) is 19.2 Å². The first kappa shape index (κ1) is 56.0. The Labute approximate surface area is 426 Å². The highest BCUT2D eigenvalue weighted by atomic mass is 127. The van der Waals surface area contributed by atoms with Gasteiger partial charge in [0.2, 0.25) is 0 Å². The van der Waals surface area contributed by atoms with Crippen molar-refractivity contribution in [3.05, 3.63) is 43.7 Å². The summed E-state index contributed by atoms with van der Waals surface area (Å²) < 4.78 is 24.6. The van der Waals surface area contributed by atoms with Crippen LogP contribution in [0, 0.1) is 21.4 Å². The van der Waals surface area contributed by atoms with Crippen molar-refractivity contribution in [2.75, 3.05) is 66.1 Å². The maximum absolute atomic E-state index is 13.3. The highest BCUT2D eigenvalue weighted by Crippen LogP contribution is 2.39. The summed E-state index contributed by atoms with van der Waals surface area (Å²) in [5.74, 6) is -3.07. The van der Waals surface area contributed by atoms with Gasteiger partial charge in [-0.1, -0.05) is 0 Å². The van der Waals surface area contributed by atoms with Crippen LogP contribution in [0.15, 0.2) is 0 Å². The maximum atomic E-state index is 13.3. The van der Waals surface area contributed by atoms with E-state index in [0.717, 1.165) is 0 Å². The molecule has 2 aromatic carbocycles. The summed E-state index contributed by atoms with van der Waals surface area (Å²) in [6, 6.07) is 0. The van der Waals surface area contributed by atoms with Gasteiger partial charge in [0.15, 0.2) is 22.9 Å². The Morgan fingerprint density at radius 2 is 0.617 bits per heavy atom. The highest BCUT2D eigenvalue weighted by molar-refractivity contribution is 14.1. The third kappa shape index (κ3) is 15.8. The molecule has 0 saturated carbocycles. The monoisotopic (exact) mass is 1530 g/mol. The summed E-state index contributed by atoms with van der Waals surface area (Å²) in [6.07, 6.45) is 0. The van der Waals surface area contributed by atoms with Crippen molar-refractivity contribution in [1.82, 2.24) is 21.3 Å². The quantitative estimate of drug-likeness (QED) is 0.0410. The lowest BCUT2D eigenvalue weighted by Crippen LogP contribution is -2.50. The maximum Gasteiger partial charge on any atom is 0.255 e. The molecule has 2 rings (SSSR count). The minimum absolute atomic E-state index is 0.0283. The number of nitrogens with one attached hydrogen (secondary N) is 4. The van der Waals surface area contributed by atoms with Crippen LogP contribution in [0.4, 0.5) is 0 Å². The van der Waals surface area contributed by atoms with E-state index in [-0.39, 0.29) is 94.8 Å². The van der Waals surface area contributed by atoms with E-state index in [1.807, 2.05) is 90.4 Å². The molecule has 4 amide bonds. The molecule has 0 aliphatic heterocycles. The van der Waals surface area contributed by atoms with E-state index in [1.165, 1.54) is 27.7 Å². The molecule has 0 radical (unpaired) electrons. The molecule has 26 heteroatoms. The molecule has 0 aliphatic rings. The van der Waals surface area contributed by atoms with Crippen LogP contribution in [0.1, 0.15) is 69.1 Å². The van der Waals surface area contributed by atoms with Crippen molar-refractivity contribution in [2.45, 2.75) is 50.6 Å². The van der Waals surface area contributed by atoms with Gasteiger partial charge in [-0.05, 0) is 163 Å². The van der Waals surface area contributed by atoms with Gasteiger partial charge < -0.3 is 81.1 Å². The number of aliphatic hydroxyl groups is 8. The number of rotatable bonds is 23. The zero-order valence-corrected chi connectivity index (χ0v) is 45.1. The minimum Gasteiger partial charge on any atom is -0.489 e. The van der Waals surface area contributed by atoms with Crippen molar-refractivity contribution in [3.63, 3.8) is 0 Å². The summed E-state index contributed by atoms with van der Waals surface area (Å²) in [5, 5.41) is 88.2. The van der Waals surface area contributed by atoms with E-state index < -0.39 is 73.0 Å². The Morgan fingerprint density at radius 3 is 0.817 bits per heavy atom. The first-order valence-corrected chi connectivity index (χ1v) is 23.6. The van der Waals surface area contributed by atoms with Crippen molar-refractivity contribution in [2.24, 2.45) is 0 Å². The van der Waals surface area contributed by atoms with Crippen LogP contribution in [0.3, 0.4) is 0 Å². The summed E-state index contributed by atoms with van der Waals surface area (Å²) in [7, 11) is 0. The molecular weight excluding hydrogens is 1480 g/mol. The number of carbonyl (C=O) groups is 4. The van der Waals surface area contributed by atoms with Gasteiger partial charge in [0.25, 0.3) is 23.6 Å². The number of carbonyl (C=O) groups excluding carboxylic acids is 4. The molecule has 60 heavy (non-hydrogen) atoms. The molecule has 0 fully saturated rings. The third-order valence-electron chi connectivity index (χ3n) is 7.54. The number of benzene rings is 2. The number of halogens is 6. The molecule has 2 aromatic rings. The average Bonchev–Trinajstić information content (AvgIpc) is 3.13. The molecular formula is C34H44I6N4O16. The van der Waals surface area contributed by atoms with E-state index in [1.54, 1.807) is 45.2 Å². The van der Waals surface area contributed by atoms with Crippen LogP contribution in [0.5, 0.6) is 11.5 Å². The Kier molecular flexibility index (Phi) is 22.8. The molecule has 0 saturated heterocycles.